The predicted octanol–water partition coefficient (Wildman–Crippen LogP) is 4.17. The summed E-state index contributed by atoms with van der Waals surface area (Å²) in [7, 11) is 1.20. The predicted molar refractivity (Wildman–Crippen MR) is 109 cm³/mol. The van der Waals surface area contributed by atoms with Crippen LogP contribution in [-0.4, -0.2) is 45.3 Å². The van der Waals surface area contributed by atoms with Crippen molar-refractivity contribution in [3.05, 3.63) is 53.5 Å². The topological polar surface area (TPSA) is 86.1 Å². The van der Waals surface area contributed by atoms with E-state index in [1.54, 1.807) is 6.07 Å². The number of amides is 1. The van der Waals surface area contributed by atoms with Crippen molar-refractivity contribution in [1.29, 1.82) is 0 Å². The molecule has 0 bridgehead atoms. The van der Waals surface area contributed by atoms with Crippen molar-refractivity contribution in [1.82, 2.24) is 14.8 Å². The van der Waals surface area contributed by atoms with Crippen LogP contribution in [0, 0.1) is 0 Å². The van der Waals surface area contributed by atoms with Gasteiger partial charge in [0.15, 0.2) is 0 Å². The Labute approximate surface area is 179 Å². The normalized spacial score (nSPS) is 16.5. The minimum absolute atomic E-state index is 0.0429. The number of rotatable bonds is 4. The van der Waals surface area contributed by atoms with E-state index in [2.05, 4.69) is 15.4 Å². The van der Waals surface area contributed by atoms with Crippen LogP contribution >= 0.6 is 11.8 Å². The average Bonchev–Trinajstić information content (AvgIpc) is 3.41. The number of aromatic nitrogens is 3. The summed E-state index contributed by atoms with van der Waals surface area (Å²) < 4.78 is 45.4. The lowest BCUT2D eigenvalue weighted by Gasteiger charge is -2.11. The van der Waals surface area contributed by atoms with Crippen molar-refractivity contribution in [2.45, 2.75) is 18.6 Å². The number of benzene rings is 1. The number of carbonyl (C=O) groups is 2. The third kappa shape index (κ3) is 4.36. The maximum absolute atomic E-state index is 12.9. The van der Waals surface area contributed by atoms with Crippen LogP contribution in [0.5, 0.6) is 0 Å². The largest absolute Gasteiger partial charge is 0.465 e. The smallest absolute Gasteiger partial charge is 0.433 e. The number of carbonyl (C=O) groups excluding carboxylic acids is 2. The third-order valence-electron chi connectivity index (χ3n) is 4.87. The first kappa shape index (κ1) is 21.2. The molecule has 162 valence electrons. The van der Waals surface area contributed by atoms with Crippen LogP contribution in [0.3, 0.4) is 0 Å². The molecule has 0 spiro atoms. The number of methoxy groups -OCH3 is 1. The van der Waals surface area contributed by atoms with Crippen molar-refractivity contribution >= 4 is 40.2 Å². The van der Waals surface area contributed by atoms with Crippen molar-refractivity contribution in [2.75, 3.05) is 23.9 Å². The van der Waals surface area contributed by atoms with Crippen LogP contribution in [-0.2, 0) is 10.9 Å². The number of pyridine rings is 1. The van der Waals surface area contributed by atoms with Crippen molar-refractivity contribution in [3.8, 4) is 0 Å². The summed E-state index contributed by atoms with van der Waals surface area (Å²) in [6.07, 6.45) is -1.88. The summed E-state index contributed by atoms with van der Waals surface area (Å²) in [5.74, 6) is 0.387. The van der Waals surface area contributed by atoms with Crippen LogP contribution in [0.2, 0.25) is 0 Å². The number of hydrogen-bond acceptors (Lipinski definition) is 6. The number of nitrogens with zero attached hydrogens (tertiary/aromatic N) is 3. The molecule has 1 aromatic carbocycles. The van der Waals surface area contributed by atoms with Gasteiger partial charge in [-0.1, -0.05) is 6.07 Å². The Kier molecular flexibility index (Phi) is 5.61. The molecule has 4 rings (SSSR count). The van der Waals surface area contributed by atoms with Gasteiger partial charge >= 0.3 is 12.1 Å². The van der Waals surface area contributed by atoms with Crippen molar-refractivity contribution in [2.24, 2.45) is 0 Å². The number of anilines is 1. The molecule has 1 aliphatic rings. The van der Waals surface area contributed by atoms with Gasteiger partial charge in [-0.3, -0.25) is 9.48 Å². The molecule has 1 atom stereocenters. The number of nitrogens with one attached hydrogen (secondary N) is 1. The van der Waals surface area contributed by atoms with E-state index >= 15 is 0 Å². The van der Waals surface area contributed by atoms with E-state index in [9.17, 15) is 22.8 Å². The fourth-order valence-corrected chi connectivity index (χ4v) is 4.49. The average molecular weight is 450 g/mol. The van der Waals surface area contributed by atoms with Gasteiger partial charge in [0.05, 0.1) is 29.9 Å². The molecule has 7 nitrogen and oxygen atoms in total. The van der Waals surface area contributed by atoms with Gasteiger partial charge in [0.1, 0.15) is 11.4 Å². The highest BCUT2D eigenvalue weighted by Gasteiger charge is 2.33. The summed E-state index contributed by atoms with van der Waals surface area (Å²) >= 11 is 1.83. The number of ether oxygens (including phenoxy) is 1. The summed E-state index contributed by atoms with van der Waals surface area (Å²) in [4.78, 5) is 28.2. The number of fused-ring (bicyclic) bond motifs is 1. The van der Waals surface area contributed by atoms with Gasteiger partial charge in [0.25, 0.3) is 5.91 Å². The second-order valence-corrected chi connectivity index (χ2v) is 8.08. The van der Waals surface area contributed by atoms with Crippen molar-refractivity contribution in [3.63, 3.8) is 0 Å². The molecule has 1 amide bonds. The zero-order chi connectivity index (χ0) is 22.2. The molecule has 1 N–H and O–H groups in total. The van der Waals surface area contributed by atoms with Gasteiger partial charge in [-0.05, 0) is 36.4 Å². The molecular weight excluding hydrogens is 433 g/mol. The van der Waals surface area contributed by atoms with Crippen LogP contribution in [0.1, 0.15) is 39.0 Å². The van der Waals surface area contributed by atoms with E-state index in [0.29, 0.717) is 10.9 Å². The zero-order valence-corrected chi connectivity index (χ0v) is 17.1. The molecule has 11 heteroatoms. The first-order valence-electron chi connectivity index (χ1n) is 9.31. The van der Waals surface area contributed by atoms with Crippen LogP contribution in [0.15, 0.2) is 36.5 Å². The number of esters is 1. The number of halogens is 3. The van der Waals surface area contributed by atoms with E-state index in [1.165, 1.54) is 13.2 Å². The highest BCUT2D eigenvalue weighted by Crippen LogP contribution is 2.31. The fraction of sp³-hybridized carbons (Fsp3) is 0.300. The third-order valence-corrected chi connectivity index (χ3v) is 6.01. The second-order valence-electron chi connectivity index (χ2n) is 6.93. The quantitative estimate of drug-likeness (QED) is 0.601. The molecule has 3 aromatic rings. The minimum Gasteiger partial charge on any atom is -0.465 e. The van der Waals surface area contributed by atoms with Gasteiger partial charge in [0, 0.05) is 17.3 Å². The SMILES string of the molecule is COC(=O)c1cc2nn([C@H]3CCSC3)cc2cc1NC(=O)c1cccc(C(F)(F)F)n1. The first-order valence-corrected chi connectivity index (χ1v) is 10.5. The molecular formula is C20H17F3N4O3S. The standard InChI is InChI=1S/C20H17F3N4O3S/c1-30-19(29)13-8-15-11(9-27(26-15)12-5-6-31-10-12)7-16(13)25-18(28)14-3-2-4-17(24-14)20(21,22)23/h2-4,7-9,12H,5-6,10H2,1H3,(H,25,28)/t12-/m0/s1. The van der Waals surface area contributed by atoms with E-state index in [1.807, 2.05) is 22.6 Å². The Balaban J connectivity index is 1.69. The summed E-state index contributed by atoms with van der Waals surface area (Å²) in [6.45, 7) is 0. The molecule has 1 fully saturated rings. The molecule has 0 aliphatic carbocycles. The molecule has 0 radical (unpaired) electrons. The summed E-state index contributed by atoms with van der Waals surface area (Å²) in [5.41, 5.74) is -0.915. The van der Waals surface area contributed by atoms with Gasteiger partial charge < -0.3 is 10.1 Å². The minimum atomic E-state index is -4.68. The highest BCUT2D eigenvalue weighted by atomic mass is 32.2. The van der Waals surface area contributed by atoms with Gasteiger partial charge in [-0.2, -0.15) is 30.0 Å². The number of hydrogen-bond donors (Lipinski definition) is 1. The van der Waals surface area contributed by atoms with Crippen LogP contribution in [0.4, 0.5) is 18.9 Å². The monoisotopic (exact) mass is 450 g/mol. The lowest BCUT2D eigenvalue weighted by molar-refractivity contribution is -0.141. The first-order chi connectivity index (χ1) is 14.8. The highest BCUT2D eigenvalue weighted by molar-refractivity contribution is 7.99. The van der Waals surface area contributed by atoms with E-state index in [4.69, 9.17) is 4.74 Å². The molecule has 0 saturated carbocycles. The van der Waals surface area contributed by atoms with Gasteiger partial charge in [-0.25, -0.2) is 9.78 Å². The molecule has 31 heavy (non-hydrogen) atoms. The number of thioether (sulfide) groups is 1. The van der Waals surface area contributed by atoms with Gasteiger partial charge in [0.2, 0.25) is 0 Å². The van der Waals surface area contributed by atoms with E-state index < -0.39 is 29.4 Å². The van der Waals surface area contributed by atoms with Gasteiger partial charge in [-0.15, -0.1) is 0 Å². The lowest BCUT2D eigenvalue weighted by atomic mass is 10.1. The summed E-state index contributed by atoms with van der Waals surface area (Å²) in [5, 5.41) is 7.69. The fourth-order valence-electron chi connectivity index (χ4n) is 3.30. The molecule has 0 unspecified atom stereocenters. The Morgan fingerprint density at radius 2 is 2.10 bits per heavy atom. The Morgan fingerprint density at radius 3 is 2.77 bits per heavy atom. The Bertz CT molecular complexity index is 1160. The second kappa shape index (κ2) is 8.22. The molecule has 2 aromatic heterocycles. The van der Waals surface area contributed by atoms with E-state index in [0.717, 1.165) is 36.1 Å². The molecule has 1 saturated heterocycles. The lowest BCUT2D eigenvalue weighted by Crippen LogP contribution is -2.18. The van der Waals surface area contributed by atoms with Crippen molar-refractivity contribution < 1.29 is 27.5 Å². The molecule has 3 heterocycles. The Morgan fingerprint density at radius 1 is 1.29 bits per heavy atom. The van der Waals surface area contributed by atoms with Crippen LogP contribution in [0.25, 0.3) is 10.9 Å². The Hall–Kier alpha value is -3.08. The van der Waals surface area contributed by atoms with E-state index in [-0.39, 0.29) is 17.3 Å². The number of alkyl halides is 3. The maximum atomic E-state index is 12.9. The molecule has 1 aliphatic heterocycles. The zero-order valence-electron chi connectivity index (χ0n) is 16.3. The summed E-state index contributed by atoms with van der Waals surface area (Å²) in [6, 6.07) is 6.33. The maximum Gasteiger partial charge on any atom is 0.433 e. The van der Waals surface area contributed by atoms with Crippen LogP contribution < -0.4 is 5.32 Å².